The van der Waals surface area contributed by atoms with Gasteiger partial charge in [0, 0.05) is 23.8 Å². The average molecular weight is 353 g/mol. The molecule has 6 heteroatoms. The molecule has 1 fully saturated rings. The first-order valence-corrected chi connectivity index (χ1v) is 9.00. The van der Waals surface area contributed by atoms with Crippen LogP contribution in [0.5, 0.6) is 0 Å². The van der Waals surface area contributed by atoms with Gasteiger partial charge >= 0.3 is 0 Å². The van der Waals surface area contributed by atoms with Crippen LogP contribution < -0.4 is 5.32 Å². The van der Waals surface area contributed by atoms with Crippen LogP contribution in [0.4, 0.5) is 5.69 Å². The van der Waals surface area contributed by atoms with E-state index >= 15 is 0 Å². The Hall–Kier alpha value is -2.60. The highest BCUT2D eigenvalue weighted by molar-refractivity contribution is 5.95. The Morgan fingerprint density at radius 1 is 1.35 bits per heavy atom. The monoisotopic (exact) mass is 353 g/mol. The minimum absolute atomic E-state index is 0.0809. The van der Waals surface area contributed by atoms with Crippen molar-refractivity contribution in [2.24, 2.45) is 0 Å². The van der Waals surface area contributed by atoms with Gasteiger partial charge in [0.1, 0.15) is 5.58 Å². The fourth-order valence-corrected chi connectivity index (χ4v) is 3.38. The molecule has 1 aliphatic heterocycles. The number of hydrogen-bond donors (Lipinski definition) is 1. The molecule has 2 aromatic heterocycles. The minimum atomic E-state index is -0.0809. The molecule has 4 rings (SSSR count). The Bertz CT molecular complexity index is 935. The average Bonchev–Trinajstić information content (AvgIpc) is 3.33. The molecule has 1 saturated heterocycles. The largest absolute Gasteiger partial charge is 0.464 e. The number of nitrogens with zero attached hydrogens (tertiary/aromatic N) is 2. The Morgan fingerprint density at radius 2 is 2.19 bits per heavy atom. The van der Waals surface area contributed by atoms with Crippen LogP contribution in [-0.4, -0.2) is 28.4 Å². The van der Waals surface area contributed by atoms with Crippen molar-refractivity contribution in [3.05, 3.63) is 47.5 Å². The highest BCUT2D eigenvalue weighted by Gasteiger charge is 2.17. The minimum Gasteiger partial charge on any atom is -0.464 e. The molecule has 136 valence electrons. The van der Waals surface area contributed by atoms with Gasteiger partial charge < -0.3 is 14.5 Å². The second-order valence-electron chi connectivity index (χ2n) is 7.00. The summed E-state index contributed by atoms with van der Waals surface area (Å²) in [5.74, 6) is -0.0809. The summed E-state index contributed by atoms with van der Waals surface area (Å²) in [4.78, 5) is 12.4. The van der Waals surface area contributed by atoms with Gasteiger partial charge in [0.15, 0.2) is 0 Å². The number of nitrogens with one attached hydrogen (secondary N) is 1. The van der Waals surface area contributed by atoms with Crippen molar-refractivity contribution in [2.45, 2.75) is 45.8 Å². The van der Waals surface area contributed by atoms with E-state index in [0.717, 1.165) is 42.5 Å². The van der Waals surface area contributed by atoms with E-state index in [1.807, 2.05) is 16.9 Å². The third-order valence-corrected chi connectivity index (χ3v) is 4.95. The van der Waals surface area contributed by atoms with Crippen molar-refractivity contribution < 1.29 is 13.9 Å². The van der Waals surface area contributed by atoms with Crippen LogP contribution in [0.2, 0.25) is 0 Å². The zero-order chi connectivity index (χ0) is 18.1. The predicted molar refractivity (Wildman–Crippen MR) is 99.2 cm³/mol. The van der Waals surface area contributed by atoms with E-state index in [4.69, 9.17) is 9.15 Å². The lowest BCUT2D eigenvalue weighted by molar-refractivity contribution is -0.115. The molecule has 0 saturated carbocycles. The number of rotatable bonds is 5. The number of amides is 1. The van der Waals surface area contributed by atoms with Crippen molar-refractivity contribution in [2.75, 3.05) is 11.9 Å². The molecule has 26 heavy (non-hydrogen) atoms. The summed E-state index contributed by atoms with van der Waals surface area (Å²) in [6, 6.07) is 4.09. The van der Waals surface area contributed by atoms with Gasteiger partial charge in [-0.3, -0.25) is 9.48 Å². The van der Waals surface area contributed by atoms with E-state index in [1.165, 1.54) is 11.1 Å². The van der Waals surface area contributed by atoms with E-state index in [9.17, 15) is 4.79 Å². The SMILES string of the molecule is Cc1cc2occ(CC(=O)Nc3cnn(C[C@H]4CCCO4)c3)c2cc1C. The molecule has 0 radical (unpaired) electrons. The molecule has 1 atom stereocenters. The van der Waals surface area contributed by atoms with Crippen LogP contribution in [0.15, 0.2) is 35.2 Å². The summed E-state index contributed by atoms with van der Waals surface area (Å²) in [5, 5.41) is 8.21. The molecule has 0 aliphatic carbocycles. The van der Waals surface area contributed by atoms with Gasteiger partial charge in [-0.1, -0.05) is 0 Å². The van der Waals surface area contributed by atoms with E-state index < -0.39 is 0 Å². The summed E-state index contributed by atoms with van der Waals surface area (Å²) in [7, 11) is 0. The smallest absolute Gasteiger partial charge is 0.229 e. The molecule has 0 spiro atoms. The van der Waals surface area contributed by atoms with E-state index in [0.29, 0.717) is 5.69 Å². The first-order valence-electron chi connectivity index (χ1n) is 9.00. The molecular weight excluding hydrogens is 330 g/mol. The first-order chi connectivity index (χ1) is 12.6. The molecule has 3 aromatic rings. The molecular formula is C20H23N3O3. The number of anilines is 1. The Labute approximate surface area is 152 Å². The van der Waals surface area contributed by atoms with Gasteiger partial charge in [-0.05, 0) is 49.9 Å². The number of aryl methyl sites for hydroxylation is 2. The summed E-state index contributed by atoms with van der Waals surface area (Å²) < 4.78 is 13.0. The van der Waals surface area contributed by atoms with Gasteiger partial charge in [0.25, 0.3) is 0 Å². The number of furan rings is 1. The lowest BCUT2D eigenvalue weighted by Crippen LogP contribution is -2.15. The normalized spacial score (nSPS) is 17.1. The number of hydrogen-bond acceptors (Lipinski definition) is 4. The quantitative estimate of drug-likeness (QED) is 0.761. The standard InChI is InChI=1S/C20H23N3O3/c1-13-6-18-15(12-26-19(18)7-14(13)2)8-20(24)22-16-9-21-23(10-16)11-17-4-3-5-25-17/h6-7,9-10,12,17H,3-5,8,11H2,1-2H3,(H,22,24)/t17-/m1/s1. The summed E-state index contributed by atoms with van der Waals surface area (Å²) in [6.07, 6.45) is 7.86. The Balaban J connectivity index is 1.41. The van der Waals surface area contributed by atoms with Crippen LogP contribution in [0.25, 0.3) is 11.0 Å². The van der Waals surface area contributed by atoms with Gasteiger partial charge in [-0.15, -0.1) is 0 Å². The lowest BCUT2D eigenvalue weighted by Gasteiger charge is -2.08. The highest BCUT2D eigenvalue weighted by Crippen LogP contribution is 2.25. The third kappa shape index (κ3) is 3.51. The number of carbonyl (C=O) groups excluding carboxylic acids is 1. The van der Waals surface area contributed by atoms with E-state index in [2.05, 4.69) is 30.3 Å². The molecule has 1 amide bonds. The zero-order valence-corrected chi connectivity index (χ0v) is 15.1. The lowest BCUT2D eigenvalue weighted by atomic mass is 10.0. The predicted octanol–water partition coefficient (Wildman–Crippen LogP) is 3.61. The number of aromatic nitrogens is 2. The topological polar surface area (TPSA) is 69.3 Å². The van der Waals surface area contributed by atoms with Crippen molar-refractivity contribution in [3.63, 3.8) is 0 Å². The van der Waals surface area contributed by atoms with Crippen molar-refractivity contribution in [3.8, 4) is 0 Å². The number of ether oxygens (including phenoxy) is 1. The second-order valence-corrected chi connectivity index (χ2v) is 7.00. The number of benzene rings is 1. The van der Waals surface area contributed by atoms with Crippen LogP contribution in [0.1, 0.15) is 29.5 Å². The molecule has 3 heterocycles. The van der Waals surface area contributed by atoms with Crippen molar-refractivity contribution in [1.29, 1.82) is 0 Å². The first kappa shape index (κ1) is 16.8. The zero-order valence-electron chi connectivity index (χ0n) is 15.1. The Morgan fingerprint density at radius 3 is 3.00 bits per heavy atom. The maximum Gasteiger partial charge on any atom is 0.229 e. The maximum atomic E-state index is 12.4. The Kier molecular flexibility index (Phi) is 4.51. The fraction of sp³-hybridized carbons (Fsp3) is 0.400. The molecule has 1 aliphatic rings. The number of fused-ring (bicyclic) bond motifs is 1. The van der Waals surface area contributed by atoms with E-state index in [1.54, 1.807) is 12.5 Å². The van der Waals surface area contributed by atoms with Gasteiger partial charge in [0.05, 0.1) is 37.2 Å². The fourth-order valence-electron chi connectivity index (χ4n) is 3.38. The number of carbonyl (C=O) groups is 1. The van der Waals surface area contributed by atoms with Gasteiger partial charge in [-0.25, -0.2) is 0 Å². The van der Waals surface area contributed by atoms with Crippen LogP contribution in [0.3, 0.4) is 0 Å². The third-order valence-electron chi connectivity index (χ3n) is 4.95. The molecule has 0 bridgehead atoms. The summed E-state index contributed by atoms with van der Waals surface area (Å²) >= 11 is 0. The summed E-state index contributed by atoms with van der Waals surface area (Å²) in [5.41, 5.74) is 4.79. The van der Waals surface area contributed by atoms with Crippen LogP contribution in [0, 0.1) is 13.8 Å². The highest BCUT2D eigenvalue weighted by atomic mass is 16.5. The van der Waals surface area contributed by atoms with Gasteiger partial charge in [-0.2, -0.15) is 5.10 Å². The molecule has 1 aromatic carbocycles. The maximum absolute atomic E-state index is 12.4. The second kappa shape index (κ2) is 6.96. The van der Waals surface area contributed by atoms with Crippen molar-refractivity contribution >= 4 is 22.6 Å². The molecule has 0 unspecified atom stereocenters. The van der Waals surface area contributed by atoms with Crippen LogP contribution in [-0.2, 0) is 22.5 Å². The van der Waals surface area contributed by atoms with E-state index in [-0.39, 0.29) is 18.4 Å². The van der Waals surface area contributed by atoms with Crippen LogP contribution >= 0.6 is 0 Å². The van der Waals surface area contributed by atoms with Crippen molar-refractivity contribution in [1.82, 2.24) is 9.78 Å². The molecule has 6 nitrogen and oxygen atoms in total. The van der Waals surface area contributed by atoms with Gasteiger partial charge in [0.2, 0.25) is 5.91 Å². The molecule has 1 N–H and O–H groups in total. The summed E-state index contributed by atoms with van der Waals surface area (Å²) in [6.45, 7) is 5.67.